The zero-order chi connectivity index (χ0) is 8.72. The molecule has 0 amide bonds. The SMILES string of the molecule is Cc1cc(=S)c2scc(Br)c2o1. The van der Waals surface area contributed by atoms with Gasteiger partial charge in [-0.05, 0) is 28.9 Å². The molecule has 0 atom stereocenters. The van der Waals surface area contributed by atoms with Gasteiger partial charge in [-0.2, -0.15) is 0 Å². The largest absolute Gasteiger partial charge is 0.459 e. The van der Waals surface area contributed by atoms with Gasteiger partial charge in [0.15, 0.2) is 5.58 Å². The Morgan fingerprint density at radius 3 is 3.08 bits per heavy atom. The summed E-state index contributed by atoms with van der Waals surface area (Å²) in [6.07, 6.45) is 0. The van der Waals surface area contributed by atoms with E-state index in [0.29, 0.717) is 0 Å². The maximum Gasteiger partial charge on any atom is 0.160 e. The van der Waals surface area contributed by atoms with Gasteiger partial charge in [0.1, 0.15) is 5.76 Å². The van der Waals surface area contributed by atoms with Crippen LogP contribution in [-0.4, -0.2) is 0 Å². The van der Waals surface area contributed by atoms with E-state index in [1.54, 1.807) is 11.3 Å². The van der Waals surface area contributed by atoms with Crippen molar-refractivity contribution in [2.45, 2.75) is 6.92 Å². The molecule has 0 spiro atoms. The van der Waals surface area contributed by atoms with Gasteiger partial charge in [-0.1, -0.05) is 12.2 Å². The van der Waals surface area contributed by atoms with Gasteiger partial charge in [0.2, 0.25) is 0 Å². The summed E-state index contributed by atoms with van der Waals surface area (Å²) in [5, 5.41) is 1.99. The second-order valence-corrected chi connectivity index (χ2v) is 4.64. The summed E-state index contributed by atoms with van der Waals surface area (Å²) in [6, 6.07) is 1.88. The Bertz CT molecular complexity index is 483. The lowest BCUT2D eigenvalue weighted by atomic mass is 10.4. The summed E-state index contributed by atoms with van der Waals surface area (Å²) >= 11 is 10.2. The molecule has 0 unspecified atom stereocenters. The zero-order valence-corrected chi connectivity index (χ0v) is 9.48. The van der Waals surface area contributed by atoms with Gasteiger partial charge in [-0.15, -0.1) is 11.3 Å². The minimum atomic E-state index is 0.853. The van der Waals surface area contributed by atoms with Crippen molar-refractivity contribution in [1.82, 2.24) is 0 Å². The molecule has 0 saturated heterocycles. The van der Waals surface area contributed by atoms with Crippen LogP contribution in [0.2, 0.25) is 0 Å². The Morgan fingerprint density at radius 2 is 2.33 bits per heavy atom. The Morgan fingerprint density at radius 1 is 1.58 bits per heavy atom. The van der Waals surface area contributed by atoms with Crippen molar-refractivity contribution in [3.8, 4) is 0 Å². The van der Waals surface area contributed by atoms with Crippen molar-refractivity contribution in [1.29, 1.82) is 0 Å². The monoisotopic (exact) mass is 260 g/mol. The lowest BCUT2D eigenvalue weighted by Crippen LogP contribution is -1.71. The summed E-state index contributed by atoms with van der Waals surface area (Å²) < 4.78 is 8.40. The van der Waals surface area contributed by atoms with Gasteiger partial charge in [-0.3, -0.25) is 0 Å². The highest BCUT2D eigenvalue weighted by atomic mass is 79.9. The van der Waals surface area contributed by atoms with Crippen molar-refractivity contribution in [2.24, 2.45) is 0 Å². The van der Waals surface area contributed by atoms with E-state index in [-0.39, 0.29) is 0 Å². The van der Waals surface area contributed by atoms with Crippen LogP contribution in [0.1, 0.15) is 5.76 Å². The summed E-state index contributed by atoms with van der Waals surface area (Å²) in [4.78, 5) is 0. The van der Waals surface area contributed by atoms with Crippen LogP contribution in [0, 0.1) is 11.4 Å². The molecule has 4 heteroatoms. The molecule has 62 valence electrons. The van der Waals surface area contributed by atoms with E-state index in [1.807, 2.05) is 18.4 Å². The molecular formula is C8H5BrOS2. The van der Waals surface area contributed by atoms with E-state index in [0.717, 1.165) is 25.0 Å². The molecule has 0 N–H and O–H groups in total. The molecule has 0 fully saturated rings. The number of thiophene rings is 1. The van der Waals surface area contributed by atoms with Crippen LogP contribution in [-0.2, 0) is 0 Å². The quantitative estimate of drug-likeness (QED) is 0.656. The molecule has 2 rings (SSSR count). The van der Waals surface area contributed by atoms with Gasteiger partial charge < -0.3 is 4.42 Å². The van der Waals surface area contributed by atoms with Crippen LogP contribution in [0.25, 0.3) is 10.3 Å². The Hall–Kier alpha value is -0.190. The summed E-state index contributed by atoms with van der Waals surface area (Å²) in [6.45, 7) is 1.90. The first-order chi connectivity index (χ1) is 5.68. The number of hydrogen-bond donors (Lipinski definition) is 0. The van der Waals surface area contributed by atoms with Crippen LogP contribution < -0.4 is 0 Å². The van der Waals surface area contributed by atoms with Gasteiger partial charge in [0, 0.05) is 5.38 Å². The minimum absolute atomic E-state index is 0.853. The molecule has 2 heterocycles. The molecule has 0 bridgehead atoms. The normalized spacial score (nSPS) is 10.8. The predicted molar refractivity (Wildman–Crippen MR) is 57.4 cm³/mol. The zero-order valence-electron chi connectivity index (χ0n) is 6.26. The lowest BCUT2D eigenvalue weighted by Gasteiger charge is -1.93. The highest BCUT2D eigenvalue weighted by molar-refractivity contribution is 9.10. The highest BCUT2D eigenvalue weighted by Gasteiger charge is 2.05. The fraction of sp³-hybridized carbons (Fsp3) is 0.125. The van der Waals surface area contributed by atoms with E-state index >= 15 is 0 Å². The van der Waals surface area contributed by atoms with Gasteiger partial charge in [0.25, 0.3) is 0 Å². The molecule has 0 aliphatic heterocycles. The minimum Gasteiger partial charge on any atom is -0.459 e. The number of fused-ring (bicyclic) bond motifs is 1. The van der Waals surface area contributed by atoms with Crippen LogP contribution in [0.15, 0.2) is 20.3 Å². The average molecular weight is 261 g/mol. The first-order valence-electron chi connectivity index (χ1n) is 3.36. The van der Waals surface area contributed by atoms with Crippen LogP contribution in [0.5, 0.6) is 0 Å². The predicted octanol–water partition coefficient (Wildman–Crippen LogP) is 4.29. The first kappa shape index (κ1) is 8.41. The van der Waals surface area contributed by atoms with Gasteiger partial charge in [-0.25, -0.2) is 0 Å². The molecule has 1 nitrogen and oxygen atoms in total. The standard InChI is InChI=1S/C8H5BrOS2/c1-4-2-6(11)8-7(10-4)5(9)3-12-8/h2-3H,1H3. The lowest BCUT2D eigenvalue weighted by molar-refractivity contribution is 0.565. The van der Waals surface area contributed by atoms with Crippen molar-refractivity contribution < 1.29 is 4.42 Å². The number of hydrogen-bond acceptors (Lipinski definition) is 3. The first-order valence-corrected chi connectivity index (χ1v) is 5.44. The molecular weight excluding hydrogens is 256 g/mol. The fourth-order valence-corrected chi connectivity index (χ4v) is 2.89. The number of halogens is 1. The third-order valence-corrected chi connectivity index (χ3v) is 3.86. The topological polar surface area (TPSA) is 13.1 Å². The van der Waals surface area contributed by atoms with Crippen molar-refractivity contribution in [3.63, 3.8) is 0 Å². The third-order valence-electron chi connectivity index (χ3n) is 1.52. The summed E-state index contributed by atoms with van der Waals surface area (Å²) in [7, 11) is 0. The van der Waals surface area contributed by atoms with E-state index in [9.17, 15) is 0 Å². The molecule has 0 aromatic carbocycles. The van der Waals surface area contributed by atoms with Crippen LogP contribution >= 0.6 is 39.5 Å². The molecule has 0 saturated carbocycles. The number of aryl methyl sites for hydroxylation is 1. The maximum absolute atomic E-state index is 5.51. The van der Waals surface area contributed by atoms with Crippen molar-refractivity contribution in [2.75, 3.05) is 0 Å². The van der Waals surface area contributed by atoms with Crippen LogP contribution in [0.4, 0.5) is 0 Å². The van der Waals surface area contributed by atoms with Crippen LogP contribution in [0.3, 0.4) is 0 Å². The van der Waals surface area contributed by atoms with E-state index < -0.39 is 0 Å². The second kappa shape index (κ2) is 2.94. The highest BCUT2D eigenvalue weighted by Crippen LogP contribution is 2.31. The summed E-state index contributed by atoms with van der Waals surface area (Å²) in [5.41, 5.74) is 0.866. The molecule has 0 radical (unpaired) electrons. The molecule has 2 aromatic heterocycles. The Kier molecular flexibility index (Phi) is 2.06. The van der Waals surface area contributed by atoms with Gasteiger partial charge >= 0.3 is 0 Å². The van der Waals surface area contributed by atoms with Gasteiger partial charge in [0.05, 0.1) is 13.7 Å². The number of rotatable bonds is 0. The fourth-order valence-electron chi connectivity index (χ4n) is 1.03. The van der Waals surface area contributed by atoms with Crippen molar-refractivity contribution in [3.05, 3.63) is 26.2 Å². The maximum atomic E-state index is 5.51. The molecule has 12 heavy (non-hydrogen) atoms. The smallest absolute Gasteiger partial charge is 0.160 e. The molecule has 0 aliphatic carbocycles. The molecule has 0 aliphatic rings. The Labute approximate surface area is 87.1 Å². The van der Waals surface area contributed by atoms with E-state index in [1.165, 1.54) is 0 Å². The van der Waals surface area contributed by atoms with Crippen molar-refractivity contribution >= 4 is 49.8 Å². The van der Waals surface area contributed by atoms with E-state index in [2.05, 4.69) is 15.9 Å². The average Bonchev–Trinajstić information content (AvgIpc) is 2.33. The second-order valence-electron chi connectivity index (χ2n) is 2.46. The van der Waals surface area contributed by atoms with E-state index in [4.69, 9.17) is 16.6 Å². The third kappa shape index (κ3) is 1.24. The molecule has 2 aromatic rings. The Balaban J connectivity index is 3.03. The summed E-state index contributed by atoms with van der Waals surface area (Å²) in [5.74, 6) is 0.853.